The number of hydrogen-bond acceptors (Lipinski definition) is 8. The van der Waals surface area contributed by atoms with Gasteiger partial charge in [-0.2, -0.15) is 0 Å². The summed E-state index contributed by atoms with van der Waals surface area (Å²) in [6, 6.07) is 26.2. The van der Waals surface area contributed by atoms with Gasteiger partial charge in [0.2, 0.25) is 5.75 Å². The molecule has 0 fully saturated rings. The number of anilines is 2. The van der Waals surface area contributed by atoms with Crippen LogP contribution in [0.1, 0.15) is 11.1 Å². The second kappa shape index (κ2) is 13.6. The summed E-state index contributed by atoms with van der Waals surface area (Å²) in [6.07, 6.45) is 0.809. The molecular weight excluding hydrogens is 558 g/mol. The van der Waals surface area contributed by atoms with Gasteiger partial charge >= 0.3 is 6.09 Å². The maximum atomic E-state index is 13.4. The highest BCUT2D eigenvalue weighted by atomic mass is 32.2. The number of nitrogens with zero attached hydrogens (tertiary/aromatic N) is 1. The van der Waals surface area contributed by atoms with Gasteiger partial charge in [0.1, 0.15) is 0 Å². The molecule has 218 valence electrons. The molecule has 0 aromatic heterocycles. The first kappa shape index (κ1) is 30.0. The van der Waals surface area contributed by atoms with Crippen LogP contribution in [0.3, 0.4) is 0 Å². The van der Waals surface area contributed by atoms with Gasteiger partial charge in [-0.05, 0) is 65.7 Å². The van der Waals surface area contributed by atoms with Crippen LogP contribution in [0.2, 0.25) is 0 Å². The molecule has 0 bridgehead atoms. The number of rotatable bonds is 11. The SMILES string of the molecule is COc1cc(/C=C/S(=O)(=O)Cc2cc(OC)c(OC)c(OC)c2)ccc1OC(=O)N(c1ccccc1)c1ccccc1. The average Bonchev–Trinajstić information content (AvgIpc) is 3.01. The van der Waals surface area contributed by atoms with E-state index < -0.39 is 15.9 Å². The zero-order chi connectivity index (χ0) is 30.1. The van der Waals surface area contributed by atoms with Gasteiger partial charge in [-0.15, -0.1) is 0 Å². The van der Waals surface area contributed by atoms with E-state index in [1.54, 1.807) is 54.6 Å². The van der Waals surface area contributed by atoms with Crippen molar-refractivity contribution in [3.8, 4) is 28.7 Å². The first-order chi connectivity index (χ1) is 20.3. The van der Waals surface area contributed by atoms with Crippen molar-refractivity contribution < 1.29 is 36.9 Å². The molecule has 10 heteroatoms. The third kappa shape index (κ3) is 7.21. The lowest BCUT2D eigenvalue weighted by Gasteiger charge is -2.22. The topological polar surface area (TPSA) is 101 Å². The van der Waals surface area contributed by atoms with Crippen LogP contribution in [0.15, 0.2) is 96.4 Å². The second-order valence-corrected chi connectivity index (χ2v) is 10.8. The molecule has 0 aliphatic rings. The Balaban J connectivity index is 1.54. The standard InChI is InChI=1S/C32H31NO8S/c1-37-28-19-23(17-18-42(35,36)22-24-20-29(38-2)31(40-4)30(21-24)39-3)15-16-27(28)41-32(34)33(25-11-7-5-8-12-25)26-13-9-6-10-14-26/h5-21H,22H2,1-4H3/b18-17+. The van der Waals surface area contributed by atoms with E-state index in [1.165, 1.54) is 39.4 Å². The molecule has 4 aromatic carbocycles. The number of carbonyl (C=O) groups is 1. The van der Waals surface area contributed by atoms with Crippen LogP contribution >= 0.6 is 0 Å². The molecule has 4 rings (SSSR count). The Hall–Kier alpha value is -4.96. The van der Waals surface area contributed by atoms with Gasteiger partial charge in [0.25, 0.3) is 0 Å². The summed E-state index contributed by atoms with van der Waals surface area (Å²) in [5.41, 5.74) is 2.26. The Morgan fingerprint density at radius 3 is 1.74 bits per heavy atom. The molecule has 0 spiro atoms. The van der Waals surface area contributed by atoms with Gasteiger partial charge in [0.05, 0.1) is 45.6 Å². The maximum absolute atomic E-state index is 13.4. The highest BCUT2D eigenvalue weighted by molar-refractivity contribution is 7.93. The predicted octanol–water partition coefficient (Wildman–Crippen LogP) is 6.64. The maximum Gasteiger partial charge on any atom is 0.424 e. The fraction of sp³-hybridized carbons (Fsp3) is 0.156. The van der Waals surface area contributed by atoms with Crippen molar-refractivity contribution in [2.75, 3.05) is 33.3 Å². The number of methoxy groups -OCH3 is 4. The van der Waals surface area contributed by atoms with Crippen molar-refractivity contribution in [2.24, 2.45) is 0 Å². The normalized spacial score (nSPS) is 11.1. The van der Waals surface area contributed by atoms with E-state index in [1.807, 2.05) is 36.4 Å². The van der Waals surface area contributed by atoms with Gasteiger partial charge in [-0.3, -0.25) is 0 Å². The van der Waals surface area contributed by atoms with Crippen molar-refractivity contribution in [1.82, 2.24) is 0 Å². The van der Waals surface area contributed by atoms with E-state index in [4.69, 9.17) is 23.7 Å². The Kier molecular flexibility index (Phi) is 9.72. The number of ether oxygens (including phenoxy) is 5. The van der Waals surface area contributed by atoms with Gasteiger partial charge in [-0.25, -0.2) is 18.1 Å². The summed E-state index contributed by atoms with van der Waals surface area (Å²) in [6.45, 7) is 0. The number of hydrogen-bond donors (Lipinski definition) is 0. The predicted molar refractivity (Wildman–Crippen MR) is 162 cm³/mol. The second-order valence-electron chi connectivity index (χ2n) is 8.93. The zero-order valence-corrected chi connectivity index (χ0v) is 24.5. The molecule has 0 saturated heterocycles. The minimum atomic E-state index is -3.69. The molecule has 0 saturated carbocycles. The zero-order valence-electron chi connectivity index (χ0n) is 23.6. The smallest absolute Gasteiger partial charge is 0.424 e. The molecule has 0 radical (unpaired) electrons. The Morgan fingerprint density at radius 1 is 0.690 bits per heavy atom. The number of amides is 1. The van der Waals surface area contributed by atoms with Gasteiger partial charge in [0.15, 0.2) is 32.8 Å². The molecule has 0 N–H and O–H groups in total. The van der Waals surface area contributed by atoms with Crippen LogP contribution in [0.4, 0.5) is 16.2 Å². The van der Waals surface area contributed by atoms with E-state index in [2.05, 4.69) is 0 Å². The largest absolute Gasteiger partial charge is 0.493 e. The van der Waals surface area contributed by atoms with Crippen LogP contribution < -0.4 is 28.6 Å². The number of benzene rings is 4. The van der Waals surface area contributed by atoms with E-state index in [9.17, 15) is 13.2 Å². The van der Waals surface area contributed by atoms with Gasteiger partial charge in [0, 0.05) is 5.41 Å². The lowest BCUT2D eigenvalue weighted by atomic mass is 10.2. The molecule has 42 heavy (non-hydrogen) atoms. The molecule has 0 heterocycles. The van der Waals surface area contributed by atoms with E-state index in [0.29, 0.717) is 39.8 Å². The van der Waals surface area contributed by atoms with Crippen LogP contribution in [-0.2, 0) is 15.6 Å². The number of sulfone groups is 1. The molecule has 0 aliphatic carbocycles. The molecule has 0 atom stereocenters. The van der Waals surface area contributed by atoms with Gasteiger partial charge in [-0.1, -0.05) is 42.5 Å². The Bertz CT molecular complexity index is 1590. The number of para-hydroxylation sites is 2. The van der Waals surface area contributed by atoms with Crippen LogP contribution in [-0.4, -0.2) is 43.0 Å². The summed E-state index contributed by atoms with van der Waals surface area (Å²) < 4.78 is 53.0. The number of carbonyl (C=O) groups excluding carboxylic acids is 1. The molecule has 4 aromatic rings. The third-order valence-corrected chi connectivity index (χ3v) is 7.44. The fourth-order valence-corrected chi connectivity index (χ4v) is 5.30. The first-order valence-electron chi connectivity index (χ1n) is 12.8. The van der Waals surface area contributed by atoms with E-state index >= 15 is 0 Å². The van der Waals surface area contributed by atoms with Crippen molar-refractivity contribution in [3.63, 3.8) is 0 Å². The first-order valence-corrected chi connectivity index (χ1v) is 14.5. The Labute approximate surface area is 245 Å². The summed E-state index contributed by atoms with van der Waals surface area (Å²) in [7, 11) is 2.15. The fourth-order valence-electron chi connectivity index (χ4n) is 4.21. The summed E-state index contributed by atoms with van der Waals surface area (Å²) in [4.78, 5) is 14.8. The summed E-state index contributed by atoms with van der Waals surface area (Å²) in [5, 5.41) is 1.11. The lowest BCUT2D eigenvalue weighted by Crippen LogP contribution is -2.29. The molecule has 0 aliphatic heterocycles. The summed E-state index contributed by atoms with van der Waals surface area (Å²) in [5.74, 6) is 1.24. The van der Waals surface area contributed by atoms with E-state index in [0.717, 1.165) is 5.41 Å². The van der Waals surface area contributed by atoms with Crippen LogP contribution in [0.5, 0.6) is 28.7 Å². The highest BCUT2D eigenvalue weighted by Crippen LogP contribution is 2.39. The van der Waals surface area contributed by atoms with E-state index in [-0.39, 0.29) is 17.3 Å². The average molecular weight is 590 g/mol. The third-order valence-electron chi connectivity index (χ3n) is 6.16. The van der Waals surface area contributed by atoms with Crippen molar-refractivity contribution in [3.05, 3.63) is 108 Å². The monoisotopic (exact) mass is 589 g/mol. The minimum absolute atomic E-state index is 0.178. The molecular formula is C32H31NO8S. The molecule has 1 amide bonds. The van der Waals surface area contributed by atoms with Crippen LogP contribution in [0.25, 0.3) is 6.08 Å². The highest BCUT2D eigenvalue weighted by Gasteiger charge is 2.22. The lowest BCUT2D eigenvalue weighted by molar-refractivity contribution is 0.208. The van der Waals surface area contributed by atoms with Crippen LogP contribution in [0, 0.1) is 0 Å². The quantitative estimate of drug-likeness (QED) is 0.192. The van der Waals surface area contributed by atoms with Gasteiger partial charge < -0.3 is 23.7 Å². The minimum Gasteiger partial charge on any atom is -0.493 e. The summed E-state index contributed by atoms with van der Waals surface area (Å²) >= 11 is 0. The molecule has 0 unspecified atom stereocenters. The van der Waals surface area contributed by atoms with Crippen molar-refractivity contribution >= 4 is 33.4 Å². The molecule has 9 nitrogen and oxygen atoms in total. The Morgan fingerprint density at radius 2 is 1.24 bits per heavy atom. The van der Waals surface area contributed by atoms with Crippen molar-refractivity contribution in [2.45, 2.75) is 5.75 Å². The van der Waals surface area contributed by atoms with Crippen molar-refractivity contribution in [1.29, 1.82) is 0 Å².